The molecule has 2 atom stereocenters. The molecule has 4 rings (SSSR count). The highest BCUT2D eigenvalue weighted by Gasteiger charge is 2.43. The van der Waals surface area contributed by atoms with Crippen molar-refractivity contribution in [2.24, 2.45) is 0 Å². The minimum atomic E-state index is 0.283. The van der Waals surface area contributed by atoms with E-state index >= 15 is 0 Å². The molecule has 0 radical (unpaired) electrons. The predicted octanol–water partition coefficient (Wildman–Crippen LogP) is 3.82. The molecule has 1 fully saturated rings. The third-order valence-corrected chi connectivity index (χ3v) is 6.32. The van der Waals surface area contributed by atoms with E-state index in [2.05, 4.69) is 59.5 Å². The number of amides is 1. The van der Waals surface area contributed by atoms with Crippen LogP contribution in [0.5, 0.6) is 0 Å². The summed E-state index contributed by atoms with van der Waals surface area (Å²) in [6.07, 6.45) is 2.53. The van der Waals surface area contributed by atoms with E-state index in [1.807, 2.05) is 0 Å². The van der Waals surface area contributed by atoms with Gasteiger partial charge in [-0.05, 0) is 56.4 Å². The van der Waals surface area contributed by atoms with Crippen LogP contribution in [0.25, 0.3) is 0 Å². The van der Waals surface area contributed by atoms with Gasteiger partial charge in [-0.2, -0.15) is 0 Å². The summed E-state index contributed by atoms with van der Waals surface area (Å²) in [6.45, 7) is 4.27. The molecular formula is C20H24N2OS. The minimum absolute atomic E-state index is 0.283. The zero-order chi connectivity index (χ0) is 16.7. The van der Waals surface area contributed by atoms with Gasteiger partial charge in [-0.25, -0.2) is 0 Å². The number of hydrogen-bond donors (Lipinski definition) is 0. The van der Waals surface area contributed by atoms with Crippen molar-refractivity contribution < 1.29 is 4.79 Å². The number of anilines is 1. The van der Waals surface area contributed by atoms with Gasteiger partial charge in [0.1, 0.15) is 0 Å². The summed E-state index contributed by atoms with van der Waals surface area (Å²) in [5, 5.41) is 2.08. The predicted molar refractivity (Wildman–Crippen MR) is 99.9 cm³/mol. The molecule has 3 nitrogen and oxygen atoms in total. The van der Waals surface area contributed by atoms with Gasteiger partial charge in [-0.1, -0.05) is 23.8 Å². The number of thiophene rings is 1. The standard InChI is InChI=1S/C20H24N2OS/c1-14-5-7-18-16(12-14)17-13-21(2)10-9-19(17)22(18)20(23)8-6-15-4-3-11-24-15/h3-5,7,11-12,17,19H,6,8-10,13H2,1-2H3. The number of carbonyl (C=O) groups excluding carboxylic acids is 1. The maximum absolute atomic E-state index is 13.0. The first-order chi connectivity index (χ1) is 11.6. The van der Waals surface area contributed by atoms with Gasteiger partial charge < -0.3 is 9.80 Å². The Morgan fingerprint density at radius 1 is 1.33 bits per heavy atom. The second-order valence-electron chi connectivity index (χ2n) is 7.13. The highest BCUT2D eigenvalue weighted by Crippen LogP contribution is 2.45. The van der Waals surface area contributed by atoms with E-state index in [-0.39, 0.29) is 5.91 Å². The van der Waals surface area contributed by atoms with Crippen molar-refractivity contribution in [3.8, 4) is 0 Å². The quantitative estimate of drug-likeness (QED) is 0.848. The smallest absolute Gasteiger partial charge is 0.227 e. The van der Waals surface area contributed by atoms with Gasteiger partial charge in [0.25, 0.3) is 0 Å². The van der Waals surface area contributed by atoms with Gasteiger partial charge >= 0.3 is 0 Å². The van der Waals surface area contributed by atoms with Crippen LogP contribution in [0, 0.1) is 6.92 Å². The van der Waals surface area contributed by atoms with Crippen molar-refractivity contribution in [1.82, 2.24) is 4.90 Å². The number of likely N-dealkylation sites (tertiary alicyclic amines) is 1. The number of fused-ring (bicyclic) bond motifs is 3. The average Bonchev–Trinajstić information content (AvgIpc) is 3.18. The third kappa shape index (κ3) is 2.78. The molecular weight excluding hydrogens is 316 g/mol. The summed E-state index contributed by atoms with van der Waals surface area (Å²) in [4.78, 5) is 18.9. The second-order valence-corrected chi connectivity index (χ2v) is 8.16. The molecule has 0 N–H and O–H groups in total. The average molecular weight is 340 g/mol. The molecule has 2 aliphatic rings. The molecule has 24 heavy (non-hydrogen) atoms. The van der Waals surface area contributed by atoms with Crippen molar-refractivity contribution in [2.75, 3.05) is 25.0 Å². The van der Waals surface area contributed by atoms with E-state index in [1.165, 1.54) is 16.0 Å². The lowest BCUT2D eigenvalue weighted by molar-refractivity contribution is -0.119. The summed E-state index contributed by atoms with van der Waals surface area (Å²) >= 11 is 1.74. The van der Waals surface area contributed by atoms with Crippen LogP contribution in [-0.4, -0.2) is 37.0 Å². The summed E-state index contributed by atoms with van der Waals surface area (Å²) in [6, 6.07) is 11.1. The van der Waals surface area contributed by atoms with E-state index in [0.717, 1.165) is 31.6 Å². The Labute approximate surface area is 147 Å². The Kier molecular flexibility index (Phi) is 4.19. The molecule has 2 aliphatic heterocycles. The lowest BCUT2D eigenvalue weighted by Crippen LogP contribution is -2.47. The van der Waals surface area contributed by atoms with Crippen molar-refractivity contribution in [3.63, 3.8) is 0 Å². The van der Waals surface area contributed by atoms with Gasteiger partial charge in [-0.15, -0.1) is 11.3 Å². The normalized spacial score (nSPS) is 23.2. The van der Waals surface area contributed by atoms with Crippen molar-refractivity contribution in [3.05, 3.63) is 51.7 Å². The van der Waals surface area contributed by atoms with Crippen molar-refractivity contribution in [1.29, 1.82) is 0 Å². The van der Waals surface area contributed by atoms with Crippen LogP contribution in [0.4, 0.5) is 5.69 Å². The number of aryl methyl sites for hydroxylation is 2. The third-order valence-electron chi connectivity index (χ3n) is 5.39. The Morgan fingerprint density at radius 3 is 3.00 bits per heavy atom. The molecule has 1 aromatic heterocycles. The topological polar surface area (TPSA) is 23.6 Å². The van der Waals surface area contributed by atoms with Gasteiger partial charge in [0.15, 0.2) is 0 Å². The first-order valence-corrected chi connectivity index (χ1v) is 9.65. The first-order valence-electron chi connectivity index (χ1n) is 8.77. The summed E-state index contributed by atoms with van der Waals surface area (Å²) in [5.41, 5.74) is 3.81. The lowest BCUT2D eigenvalue weighted by atomic mass is 9.89. The number of hydrogen-bond acceptors (Lipinski definition) is 3. The number of benzene rings is 1. The fraction of sp³-hybridized carbons (Fsp3) is 0.450. The van der Waals surface area contributed by atoms with E-state index in [4.69, 9.17) is 0 Å². The van der Waals surface area contributed by atoms with Crippen LogP contribution < -0.4 is 4.90 Å². The Bertz CT molecular complexity index is 740. The minimum Gasteiger partial charge on any atom is -0.308 e. The van der Waals surface area contributed by atoms with Gasteiger partial charge in [0.05, 0.1) is 0 Å². The van der Waals surface area contributed by atoms with Crippen LogP contribution in [0.3, 0.4) is 0 Å². The van der Waals surface area contributed by atoms with Crippen LogP contribution in [-0.2, 0) is 11.2 Å². The molecule has 0 saturated carbocycles. The fourth-order valence-corrected chi connectivity index (χ4v) is 4.92. The van der Waals surface area contributed by atoms with Crippen molar-refractivity contribution in [2.45, 2.75) is 38.1 Å². The van der Waals surface area contributed by atoms with E-state index in [0.29, 0.717) is 18.4 Å². The zero-order valence-corrected chi connectivity index (χ0v) is 15.2. The number of carbonyl (C=O) groups is 1. The Balaban J connectivity index is 1.61. The molecule has 0 bridgehead atoms. The fourth-order valence-electron chi connectivity index (χ4n) is 4.21. The molecule has 2 unspecified atom stereocenters. The van der Waals surface area contributed by atoms with Gasteiger partial charge in [0.2, 0.25) is 5.91 Å². The Hall–Kier alpha value is -1.65. The molecule has 4 heteroatoms. The maximum atomic E-state index is 13.0. The molecule has 1 aromatic carbocycles. The molecule has 3 heterocycles. The molecule has 126 valence electrons. The lowest BCUT2D eigenvalue weighted by Gasteiger charge is -2.36. The highest BCUT2D eigenvalue weighted by atomic mass is 32.1. The summed E-state index contributed by atoms with van der Waals surface area (Å²) in [5.74, 6) is 0.745. The Morgan fingerprint density at radius 2 is 2.21 bits per heavy atom. The SMILES string of the molecule is Cc1ccc2c(c1)C1CN(C)CCC1N2C(=O)CCc1cccs1. The molecule has 2 aromatic rings. The second kappa shape index (κ2) is 6.34. The van der Waals surface area contributed by atoms with Gasteiger partial charge in [-0.3, -0.25) is 4.79 Å². The largest absolute Gasteiger partial charge is 0.308 e. The van der Waals surface area contributed by atoms with Crippen LogP contribution in [0.1, 0.15) is 34.8 Å². The molecule has 0 aliphatic carbocycles. The van der Waals surface area contributed by atoms with Crippen LogP contribution >= 0.6 is 11.3 Å². The number of piperidine rings is 1. The molecule has 0 spiro atoms. The van der Waals surface area contributed by atoms with Crippen molar-refractivity contribution >= 4 is 22.9 Å². The van der Waals surface area contributed by atoms with E-state index in [1.54, 1.807) is 11.3 Å². The molecule has 1 amide bonds. The summed E-state index contributed by atoms with van der Waals surface area (Å²) in [7, 11) is 2.19. The first kappa shape index (κ1) is 15.9. The van der Waals surface area contributed by atoms with E-state index < -0.39 is 0 Å². The highest BCUT2D eigenvalue weighted by molar-refractivity contribution is 7.09. The van der Waals surface area contributed by atoms with Crippen LogP contribution in [0.2, 0.25) is 0 Å². The van der Waals surface area contributed by atoms with E-state index in [9.17, 15) is 4.79 Å². The zero-order valence-electron chi connectivity index (χ0n) is 14.4. The maximum Gasteiger partial charge on any atom is 0.227 e. The number of likely N-dealkylation sites (N-methyl/N-ethyl adjacent to an activating group) is 1. The van der Waals surface area contributed by atoms with Crippen LogP contribution in [0.15, 0.2) is 35.7 Å². The number of rotatable bonds is 3. The summed E-state index contributed by atoms with van der Waals surface area (Å²) < 4.78 is 0. The monoisotopic (exact) mass is 340 g/mol. The number of nitrogens with zero attached hydrogens (tertiary/aromatic N) is 2. The van der Waals surface area contributed by atoms with Gasteiger partial charge in [0, 0.05) is 35.5 Å². The molecule has 1 saturated heterocycles.